The van der Waals surface area contributed by atoms with Crippen LogP contribution in [-0.4, -0.2) is 0 Å². The Kier molecular flexibility index (Phi) is 2.45. The zero-order valence-corrected chi connectivity index (χ0v) is 8.44. The van der Waals surface area contributed by atoms with Gasteiger partial charge in [-0.05, 0) is 30.9 Å². The molecular weight excluding hydrogens is 222 g/mol. The smallest absolute Gasteiger partial charge is 0.321 e. The first kappa shape index (κ1) is 11.4. The first-order chi connectivity index (χ1) is 7.34. The average molecular weight is 233 g/mol. The van der Waals surface area contributed by atoms with Crippen LogP contribution >= 0.6 is 0 Å². The van der Waals surface area contributed by atoms with Crippen LogP contribution in [0, 0.1) is 5.82 Å². The van der Waals surface area contributed by atoms with E-state index in [1.54, 1.807) is 0 Å². The van der Waals surface area contributed by atoms with Gasteiger partial charge >= 0.3 is 6.18 Å². The van der Waals surface area contributed by atoms with Gasteiger partial charge in [-0.25, -0.2) is 4.39 Å². The van der Waals surface area contributed by atoms with E-state index in [1.807, 2.05) is 0 Å². The standard InChI is InChI=1S/C11H11F4N/c12-8-4-1-3-7(9(8)11(13,14)15)10(16)5-2-6-10/h1,3-4H,2,5-6,16H2. The Morgan fingerprint density at radius 2 is 1.81 bits per heavy atom. The van der Waals surface area contributed by atoms with Crippen molar-refractivity contribution in [2.24, 2.45) is 5.73 Å². The molecule has 0 radical (unpaired) electrons. The molecule has 1 fully saturated rings. The Morgan fingerprint density at radius 3 is 2.25 bits per heavy atom. The fourth-order valence-corrected chi connectivity index (χ4v) is 2.05. The zero-order chi connectivity index (χ0) is 12.0. The molecule has 16 heavy (non-hydrogen) atoms. The van der Waals surface area contributed by atoms with Crippen molar-refractivity contribution in [3.63, 3.8) is 0 Å². The quantitative estimate of drug-likeness (QED) is 0.741. The summed E-state index contributed by atoms with van der Waals surface area (Å²) in [5, 5.41) is 0. The molecule has 1 aromatic rings. The molecule has 0 saturated heterocycles. The minimum atomic E-state index is -4.69. The molecule has 1 saturated carbocycles. The Labute approximate surface area is 90.3 Å². The van der Waals surface area contributed by atoms with E-state index in [9.17, 15) is 17.6 Å². The normalized spacial score (nSPS) is 19.3. The van der Waals surface area contributed by atoms with Crippen LogP contribution in [0.1, 0.15) is 30.4 Å². The number of hydrogen-bond donors (Lipinski definition) is 1. The molecule has 0 aromatic heterocycles. The van der Waals surface area contributed by atoms with Crippen LogP contribution in [0.4, 0.5) is 17.6 Å². The summed E-state index contributed by atoms with van der Waals surface area (Å²) in [5.74, 6) is -1.25. The fraction of sp³-hybridized carbons (Fsp3) is 0.455. The van der Waals surface area contributed by atoms with E-state index in [4.69, 9.17) is 5.73 Å². The van der Waals surface area contributed by atoms with Crippen LogP contribution in [-0.2, 0) is 11.7 Å². The monoisotopic (exact) mass is 233 g/mol. The van der Waals surface area contributed by atoms with E-state index in [1.165, 1.54) is 12.1 Å². The lowest BCUT2D eigenvalue weighted by atomic mass is 9.71. The summed E-state index contributed by atoms with van der Waals surface area (Å²) in [4.78, 5) is 0. The molecule has 1 nitrogen and oxygen atoms in total. The Bertz CT molecular complexity index is 407. The Hall–Kier alpha value is -1.10. The van der Waals surface area contributed by atoms with Crippen molar-refractivity contribution in [1.29, 1.82) is 0 Å². The molecule has 1 aliphatic carbocycles. The summed E-state index contributed by atoms with van der Waals surface area (Å²) < 4.78 is 51.4. The van der Waals surface area contributed by atoms with E-state index < -0.39 is 23.1 Å². The van der Waals surface area contributed by atoms with Crippen LogP contribution in [0.5, 0.6) is 0 Å². The molecule has 0 bridgehead atoms. The van der Waals surface area contributed by atoms with Gasteiger partial charge in [-0.15, -0.1) is 0 Å². The number of nitrogens with two attached hydrogens (primary N) is 1. The Morgan fingerprint density at radius 1 is 1.19 bits per heavy atom. The molecular formula is C11H11F4N. The largest absolute Gasteiger partial charge is 0.419 e. The second-order valence-electron chi connectivity index (χ2n) is 4.17. The molecule has 1 aromatic carbocycles. The van der Waals surface area contributed by atoms with Crippen LogP contribution in [0.3, 0.4) is 0 Å². The number of halogens is 4. The predicted molar refractivity (Wildman–Crippen MR) is 51.1 cm³/mol. The molecule has 88 valence electrons. The van der Waals surface area contributed by atoms with Gasteiger partial charge in [0.15, 0.2) is 0 Å². The lowest BCUT2D eigenvalue weighted by molar-refractivity contribution is -0.141. The van der Waals surface area contributed by atoms with Crippen molar-refractivity contribution in [2.45, 2.75) is 31.0 Å². The molecule has 2 rings (SSSR count). The second kappa shape index (κ2) is 3.45. The summed E-state index contributed by atoms with van der Waals surface area (Å²) in [6.45, 7) is 0. The number of alkyl halides is 3. The molecule has 0 atom stereocenters. The summed E-state index contributed by atoms with van der Waals surface area (Å²) in [6.07, 6.45) is -2.97. The highest BCUT2D eigenvalue weighted by Crippen LogP contribution is 2.45. The average Bonchev–Trinajstić information content (AvgIpc) is 2.11. The number of benzene rings is 1. The maximum atomic E-state index is 13.3. The van der Waals surface area contributed by atoms with Crippen LogP contribution in [0.25, 0.3) is 0 Å². The minimum Gasteiger partial charge on any atom is -0.321 e. The summed E-state index contributed by atoms with van der Waals surface area (Å²) in [5.41, 5.74) is 3.49. The molecule has 1 aliphatic rings. The number of rotatable bonds is 1. The molecule has 0 spiro atoms. The fourth-order valence-electron chi connectivity index (χ4n) is 2.05. The maximum absolute atomic E-state index is 13.3. The summed E-state index contributed by atoms with van der Waals surface area (Å²) in [6, 6.07) is 3.35. The second-order valence-corrected chi connectivity index (χ2v) is 4.17. The van der Waals surface area contributed by atoms with Crippen molar-refractivity contribution >= 4 is 0 Å². The van der Waals surface area contributed by atoms with Crippen molar-refractivity contribution in [3.05, 3.63) is 35.1 Å². The van der Waals surface area contributed by atoms with E-state index in [0.717, 1.165) is 12.5 Å². The molecule has 0 unspecified atom stereocenters. The van der Waals surface area contributed by atoms with Gasteiger partial charge in [0.05, 0.1) is 5.56 Å². The first-order valence-corrected chi connectivity index (χ1v) is 5.00. The third-order valence-corrected chi connectivity index (χ3v) is 3.08. The van der Waals surface area contributed by atoms with Crippen LogP contribution < -0.4 is 5.73 Å². The molecule has 0 heterocycles. The van der Waals surface area contributed by atoms with Crippen molar-refractivity contribution in [3.8, 4) is 0 Å². The van der Waals surface area contributed by atoms with Crippen LogP contribution in [0.2, 0.25) is 0 Å². The van der Waals surface area contributed by atoms with Crippen LogP contribution in [0.15, 0.2) is 18.2 Å². The van der Waals surface area contributed by atoms with Gasteiger partial charge in [0.1, 0.15) is 5.82 Å². The third kappa shape index (κ3) is 1.69. The topological polar surface area (TPSA) is 26.0 Å². The zero-order valence-electron chi connectivity index (χ0n) is 8.44. The molecule has 0 aliphatic heterocycles. The molecule has 2 N–H and O–H groups in total. The van der Waals surface area contributed by atoms with E-state index >= 15 is 0 Å². The van der Waals surface area contributed by atoms with Gasteiger partial charge in [-0.3, -0.25) is 0 Å². The van der Waals surface area contributed by atoms with E-state index in [0.29, 0.717) is 12.8 Å². The summed E-state index contributed by atoms with van der Waals surface area (Å²) in [7, 11) is 0. The molecule has 5 heteroatoms. The van der Waals surface area contributed by atoms with Crippen molar-refractivity contribution in [1.82, 2.24) is 0 Å². The van der Waals surface area contributed by atoms with Gasteiger partial charge in [0.2, 0.25) is 0 Å². The highest BCUT2D eigenvalue weighted by atomic mass is 19.4. The Balaban J connectivity index is 2.57. The van der Waals surface area contributed by atoms with Crippen molar-refractivity contribution in [2.75, 3.05) is 0 Å². The van der Waals surface area contributed by atoms with Gasteiger partial charge in [-0.2, -0.15) is 13.2 Å². The van der Waals surface area contributed by atoms with E-state index in [2.05, 4.69) is 0 Å². The van der Waals surface area contributed by atoms with Gasteiger partial charge in [0, 0.05) is 5.54 Å². The van der Waals surface area contributed by atoms with Crippen molar-refractivity contribution < 1.29 is 17.6 Å². The van der Waals surface area contributed by atoms with Gasteiger partial charge in [-0.1, -0.05) is 12.1 Å². The highest BCUT2D eigenvalue weighted by Gasteiger charge is 2.44. The van der Waals surface area contributed by atoms with Gasteiger partial charge < -0.3 is 5.73 Å². The SMILES string of the molecule is NC1(c2cccc(F)c2C(F)(F)F)CCC1. The number of hydrogen-bond acceptors (Lipinski definition) is 1. The third-order valence-electron chi connectivity index (χ3n) is 3.08. The predicted octanol–water partition coefficient (Wildman–Crippen LogP) is 3.18. The first-order valence-electron chi connectivity index (χ1n) is 5.00. The van der Waals surface area contributed by atoms with E-state index in [-0.39, 0.29) is 5.56 Å². The minimum absolute atomic E-state index is 0.119. The highest BCUT2D eigenvalue weighted by molar-refractivity contribution is 5.38. The molecule has 0 amide bonds. The summed E-state index contributed by atoms with van der Waals surface area (Å²) >= 11 is 0. The van der Waals surface area contributed by atoms with Gasteiger partial charge in [0.25, 0.3) is 0 Å². The maximum Gasteiger partial charge on any atom is 0.419 e. The lowest BCUT2D eigenvalue weighted by Gasteiger charge is -2.40. The lowest BCUT2D eigenvalue weighted by Crippen LogP contribution is -2.45.